The van der Waals surface area contributed by atoms with Gasteiger partial charge in [-0.05, 0) is 37.1 Å². The van der Waals surface area contributed by atoms with Crippen molar-refractivity contribution in [2.75, 3.05) is 0 Å². The molecule has 94 valence electrons. The van der Waals surface area contributed by atoms with Crippen LogP contribution in [0.2, 0.25) is 0 Å². The van der Waals surface area contributed by atoms with E-state index < -0.39 is 0 Å². The van der Waals surface area contributed by atoms with E-state index in [1.165, 1.54) is 12.1 Å². The van der Waals surface area contributed by atoms with Crippen LogP contribution in [-0.2, 0) is 6.42 Å². The second kappa shape index (κ2) is 5.66. The fraction of sp³-hybridized carbons (Fsp3) is 0.231. The van der Waals surface area contributed by atoms with Crippen LogP contribution in [0.5, 0.6) is 0 Å². The molecule has 0 amide bonds. The Morgan fingerprint density at radius 3 is 2.61 bits per heavy atom. The summed E-state index contributed by atoms with van der Waals surface area (Å²) >= 11 is 0. The molecule has 0 aliphatic heterocycles. The van der Waals surface area contributed by atoms with E-state index >= 15 is 0 Å². The van der Waals surface area contributed by atoms with E-state index in [9.17, 15) is 4.39 Å². The molecule has 1 unspecified atom stereocenters. The molecule has 5 heteroatoms. The summed E-state index contributed by atoms with van der Waals surface area (Å²) in [6.07, 6.45) is 2.35. The minimum atomic E-state index is -0.242. The van der Waals surface area contributed by atoms with Crippen LogP contribution in [-0.4, -0.2) is 9.97 Å². The molecule has 2 rings (SSSR count). The molecule has 0 aliphatic rings. The number of hydrazine groups is 1. The molecule has 0 bridgehead atoms. The summed E-state index contributed by atoms with van der Waals surface area (Å²) in [7, 11) is 0. The van der Waals surface area contributed by atoms with E-state index in [0.29, 0.717) is 12.2 Å². The highest BCUT2D eigenvalue weighted by Gasteiger charge is 2.12. The Morgan fingerprint density at radius 1 is 1.28 bits per heavy atom. The van der Waals surface area contributed by atoms with Crippen LogP contribution in [0.3, 0.4) is 0 Å². The zero-order valence-electron chi connectivity index (χ0n) is 10.1. The fourth-order valence-electron chi connectivity index (χ4n) is 1.77. The zero-order valence-corrected chi connectivity index (χ0v) is 10.1. The quantitative estimate of drug-likeness (QED) is 0.636. The van der Waals surface area contributed by atoms with Gasteiger partial charge in [0.05, 0.1) is 11.7 Å². The summed E-state index contributed by atoms with van der Waals surface area (Å²) < 4.78 is 12.8. The first-order valence-electron chi connectivity index (χ1n) is 5.69. The molecule has 2 aromatic rings. The molecule has 1 aromatic carbocycles. The van der Waals surface area contributed by atoms with Gasteiger partial charge in [-0.25, -0.2) is 14.4 Å². The van der Waals surface area contributed by atoms with E-state index in [2.05, 4.69) is 15.4 Å². The molecule has 0 fully saturated rings. The van der Waals surface area contributed by atoms with Gasteiger partial charge in [0.15, 0.2) is 0 Å². The number of nitrogens with two attached hydrogens (primary N) is 1. The number of aryl methyl sites for hydroxylation is 1. The van der Waals surface area contributed by atoms with Crippen LogP contribution in [0, 0.1) is 12.7 Å². The van der Waals surface area contributed by atoms with E-state index in [1.54, 1.807) is 18.3 Å². The predicted octanol–water partition coefficient (Wildman–Crippen LogP) is 1.67. The molecule has 1 heterocycles. The van der Waals surface area contributed by atoms with Crippen LogP contribution < -0.4 is 11.3 Å². The smallest absolute Gasteiger partial charge is 0.125 e. The monoisotopic (exact) mass is 246 g/mol. The van der Waals surface area contributed by atoms with Crippen molar-refractivity contribution >= 4 is 0 Å². The second-order valence-corrected chi connectivity index (χ2v) is 4.08. The predicted molar refractivity (Wildman–Crippen MR) is 66.9 cm³/mol. The lowest BCUT2D eigenvalue weighted by Gasteiger charge is -2.15. The molecule has 1 atom stereocenters. The maximum absolute atomic E-state index is 12.8. The van der Waals surface area contributed by atoms with Crippen molar-refractivity contribution in [2.45, 2.75) is 19.4 Å². The average Bonchev–Trinajstić information content (AvgIpc) is 2.38. The summed E-state index contributed by atoms with van der Waals surface area (Å²) in [4.78, 5) is 8.38. The number of nitrogens with zero attached hydrogens (tertiary/aromatic N) is 2. The fourth-order valence-corrected chi connectivity index (χ4v) is 1.77. The number of nitrogens with one attached hydrogen (secondary N) is 1. The van der Waals surface area contributed by atoms with Gasteiger partial charge in [-0.2, -0.15) is 0 Å². The minimum absolute atomic E-state index is 0.114. The number of halogens is 1. The Labute approximate surface area is 105 Å². The summed E-state index contributed by atoms with van der Waals surface area (Å²) in [5.74, 6) is 6.01. The standard InChI is InChI=1S/C13H15FN4/c1-9-16-7-6-12(17-9)13(18-15)8-10-2-4-11(14)5-3-10/h2-7,13,18H,8,15H2,1H3. The first-order valence-corrected chi connectivity index (χ1v) is 5.69. The van der Waals surface area contributed by atoms with Crippen molar-refractivity contribution < 1.29 is 4.39 Å². The molecule has 0 saturated carbocycles. The van der Waals surface area contributed by atoms with Crippen molar-refractivity contribution in [3.8, 4) is 0 Å². The summed E-state index contributed by atoms with van der Waals surface area (Å²) in [6.45, 7) is 1.83. The number of rotatable bonds is 4. The number of hydrogen-bond donors (Lipinski definition) is 2. The first kappa shape index (κ1) is 12.6. The first-order chi connectivity index (χ1) is 8.69. The lowest BCUT2D eigenvalue weighted by molar-refractivity contribution is 0.534. The number of hydrogen-bond acceptors (Lipinski definition) is 4. The van der Waals surface area contributed by atoms with Gasteiger partial charge in [-0.15, -0.1) is 0 Å². The van der Waals surface area contributed by atoms with E-state index in [0.717, 1.165) is 11.3 Å². The highest BCUT2D eigenvalue weighted by molar-refractivity contribution is 5.19. The van der Waals surface area contributed by atoms with E-state index in [-0.39, 0.29) is 11.9 Å². The van der Waals surface area contributed by atoms with E-state index in [1.807, 2.05) is 13.0 Å². The Balaban J connectivity index is 2.17. The third kappa shape index (κ3) is 3.09. The maximum atomic E-state index is 12.8. The Kier molecular flexibility index (Phi) is 3.96. The molecular formula is C13H15FN4. The van der Waals surface area contributed by atoms with Crippen molar-refractivity contribution in [2.24, 2.45) is 5.84 Å². The van der Waals surface area contributed by atoms with Crippen molar-refractivity contribution in [1.82, 2.24) is 15.4 Å². The number of benzene rings is 1. The van der Waals surface area contributed by atoms with Gasteiger partial charge in [0.2, 0.25) is 0 Å². The highest BCUT2D eigenvalue weighted by atomic mass is 19.1. The topological polar surface area (TPSA) is 63.8 Å². The Morgan fingerprint density at radius 2 is 2.00 bits per heavy atom. The van der Waals surface area contributed by atoms with Crippen molar-refractivity contribution in [3.05, 3.63) is 59.4 Å². The average molecular weight is 246 g/mol. The molecule has 0 aliphatic carbocycles. The molecule has 0 radical (unpaired) electrons. The maximum Gasteiger partial charge on any atom is 0.125 e. The molecule has 0 saturated heterocycles. The van der Waals surface area contributed by atoms with Gasteiger partial charge in [-0.1, -0.05) is 12.1 Å². The second-order valence-electron chi connectivity index (χ2n) is 4.08. The van der Waals surface area contributed by atoms with Crippen LogP contribution in [0.1, 0.15) is 23.1 Å². The van der Waals surface area contributed by atoms with Crippen LogP contribution in [0.4, 0.5) is 4.39 Å². The SMILES string of the molecule is Cc1nccc(C(Cc2ccc(F)cc2)NN)n1. The van der Waals surface area contributed by atoms with Gasteiger partial charge in [0, 0.05) is 6.20 Å². The number of aromatic nitrogens is 2. The van der Waals surface area contributed by atoms with Crippen LogP contribution >= 0.6 is 0 Å². The third-order valence-corrected chi connectivity index (χ3v) is 2.71. The van der Waals surface area contributed by atoms with Crippen molar-refractivity contribution in [1.29, 1.82) is 0 Å². The Bertz CT molecular complexity index is 513. The molecule has 0 spiro atoms. The summed E-state index contributed by atoms with van der Waals surface area (Å²) in [5, 5.41) is 0. The minimum Gasteiger partial charge on any atom is -0.271 e. The summed E-state index contributed by atoms with van der Waals surface area (Å²) in [6, 6.07) is 8.07. The molecule has 1 aromatic heterocycles. The van der Waals surface area contributed by atoms with Crippen LogP contribution in [0.25, 0.3) is 0 Å². The van der Waals surface area contributed by atoms with Gasteiger partial charge in [0.1, 0.15) is 11.6 Å². The van der Waals surface area contributed by atoms with Gasteiger partial charge in [0.25, 0.3) is 0 Å². The Hall–Kier alpha value is -1.85. The highest BCUT2D eigenvalue weighted by Crippen LogP contribution is 2.16. The van der Waals surface area contributed by atoms with Crippen LogP contribution in [0.15, 0.2) is 36.5 Å². The van der Waals surface area contributed by atoms with E-state index in [4.69, 9.17) is 5.84 Å². The summed E-state index contributed by atoms with van der Waals surface area (Å²) in [5.41, 5.74) is 4.55. The normalized spacial score (nSPS) is 12.4. The van der Waals surface area contributed by atoms with Gasteiger partial charge < -0.3 is 0 Å². The van der Waals surface area contributed by atoms with Crippen molar-refractivity contribution in [3.63, 3.8) is 0 Å². The molecule has 3 N–H and O–H groups in total. The zero-order chi connectivity index (χ0) is 13.0. The molecule has 4 nitrogen and oxygen atoms in total. The third-order valence-electron chi connectivity index (χ3n) is 2.71. The lowest BCUT2D eigenvalue weighted by atomic mass is 10.0. The lowest BCUT2D eigenvalue weighted by Crippen LogP contribution is -2.30. The largest absolute Gasteiger partial charge is 0.271 e. The van der Waals surface area contributed by atoms with Gasteiger partial charge in [-0.3, -0.25) is 11.3 Å². The molecule has 18 heavy (non-hydrogen) atoms. The van der Waals surface area contributed by atoms with Gasteiger partial charge >= 0.3 is 0 Å². The molecular weight excluding hydrogens is 231 g/mol.